The summed E-state index contributed by atoms with van der Waals surface area (Å²) in [5, 5.41) is 37.3. The zero-order chi connectivity index (χ0) is 55.8. The predicted molar refractivity (Wildman–Crippen MR) is 268 cm³/mol. The lowest BCUT2D eigenvalue weighted by molar-refractivity contribution is -0.143. The second-order valence-corrected chi connectivity index (χ2v) is 19.5. The molecule has 5 unspecified atom stereocenters. The van der Waals surface area contributed by atoms with E-state index in [1.54, 1.807) is 0 Å². The Morgan fingerprint density at radius 1 is 0.573 bits per heavy atom. The molecule has 0 aliphatic carbocycles. The Hall–Kier alpha value is -7.38. The van der Waals surface area contributed by atoms with Gasteiger partial charge in [-0.3, -0.25) is 57.5 Å². The summed E-state index contributed by atoms with van der Waals surface area (Å²) in [5.41, 5.74) is 22.2. The van der Waals surface area contributed by atoms with Gasteiger partial charge < -0.3 is 75.3 Å². The Kier molecular flexibility index (Phi) is 25.9. The molecule has 1 aromatic carbocycles. The average molecular weight is 1060 g/mol. The number of amides is 12. The van der Waals surface area contributed by atoms with Crippen LogP contribution in [-0.4, -0.2) is 147 Å². The van der Waals surface area contributed by atoms with E-state index in [9.17, 15) is 67.7 Å². The number of nitrogens with zero attached hydrogens (tertiary/aromatic N) is 1. The molecule has 0 aromatic heterocycles. The van der Waals surface area contributed by atoms with E-state index in [0.29, 0.717) is 24.3 Å². The first-order chi connectivity index (χ1) is 35.5. The van der Waals surface area contributed by atoms with Crippen molar-refractivity contribution in [1.82, 2.24) is 42.1 Å². The summed E-state index contributed by atoms with van der Waals surface area (Å²) in [6.07, 6.45) is 3.40. The number of benzene rings is 1. The third-order valence-corrected chi connectivity index (χ3v) is 12.7. The summed E-state index contributed by atoms with van der Waals surface area (Å²) in [7, 11) is 0. The fourth-order valence-corrected chi connectivity index (χ4v) is 8.74. The number of fused-ring (bicyclic) bond motifs is 1. The molecule has 3 rings (SSSR count). The molecule has 2 aliphatic heterocycles. The number of aromatic hydroxyl groups is 1. The van der Waals surface area contributed by atoms with Crippen LogP contribution < -0.4 is 60.2 Å². The van der Waals surface area contributed by atoms with Crippen molar-refractivity contribution >= 4 is 70.9 Å². The zero-order valence-electron chi connectivity index (χ0n) is 42.7. The van der Waals surface area contributed by atoms with Gasteiger partial charge in [-0.2, -0.15) is 0 Å². The molecule has 0 spiro atoms. The molecule has 2 aliphatic rings. The van der Waals surface area contributed by atoms with Gasteiger partial charge in [0.1, 0.15) is 48.0 Å². The third kappa shape index (κ3) is 22.3. The van der Waals surface area contributed by atoms with Gasteiger partial charge in [-0.15, -0.1) is 0 Å². The number of aliphatic hydroxyl groups excluding tert-OH is 1. The monoisotopic (exact) mass is 1060 g/mol. The number of primary amides is 4. The molecule has 75 heavy (non-hydrogen) atoms. The van der Waals surface area contributed by atoms with Crippen molar-refractivity contribution in [3.8, 4) is 5.75 Å². The third-order valence-electron chi connectivity index (χ3n) is 12.7. The Balaban J connectivity index is 2.12. The Morgan fingerprint density at radius 3 is 1.57 bits per heavy atom. The molecule has 2 heterocycles. The van der Waals surface area contributed by atoms with E-state index in [0.717, 1.165) is 43.4 Å². The van der Waals surface area contributed by atoms with Crippen LogP contribution in [0.15, 0.2) is 24.3 Å². The lowest BCUT2D eigenvalue weighted by Crippen LogP contribution is -2.60. The van der Waals surface area contributed by atoms with Crippen molar-refractivity contribution in [3.63, 3.8) is 0 Å². The number of hydrogen-bond acceptors (Lipinski definition) is 14. The fraction of sp³-hybridized carbons (Fsp3) is 0.633. The lowest BCUT2D eigenvalue weighted by atomic mass is 10.0. The van der Waals surface area contributed by atoms with E-state index in [1.807, 2.05) is 0 Å². The minimum absolute atomic E-state index is 0.00268. The Bertz CT molecular complexity index is 2190. The van der Waals surface area contributed by atoms with E-state index >= 15 is 0 Å². The maximum Gasteiger partial charge on any atom is 0.245 e. The van der Waals surface area contributed by atoms with Crippen LogP contribution >= 0.6 is 0 Å². The van der Waals surface area contributed by atoms with Crippen LogP contribution in [0.4, 0.5) is 0 Å². The van der Waals surface area contributed by atoms with Crippen LogP contribution in [0.5, 0.6) is 5.75 Å². The summed E-state index contributed by atoms with van der Waals surface area (Å²) in [6, 6.07) is -7.36. The number of phenols is 1. The number of unbranched alkanes of at least 4 members (excludes halogenated alkanes) is 6. The summed E-state index contributed by atoms with van der Waals surface area (Å²) < 4.78 is 0. The minimum atomic E-state index is -1.86. The van der Waals surface area contributed by atoms with Gasteiger partial charge in [-0.1, -0.05) is 77.3 Å². The normalized spacial score (nSPS) is 24.0. The molecule has 416 valence electrons. The van der Waals surface area contributed by atoms with Gasteiger partial charge in [-0.05, 0) is 49.3 Å². The van der Waals surface area contributed by atoms with Gasteiger partial charge in [0.15, 0.2) is 0 Å². The highest BCUT2D eigenvalue weighted by Crippen LogP contribution is 2.21. The smallest absolute Gasteiger partial charge is 0.245 e. The van der Waals surface area contributed by atoms with Crippen LogP contribution in [0.1, 0.15) is 129 Å². The largest absolute Gasteiger partial charge is 0.508 e. The molecular formula is C49H76N12O14. The summed E-state index contributed by atoms with van der Waals surface area (Å²) in [6.45, 7) is 3.23. The zero-order valence-corrected chi connectivity index (χ0v) is 42.7. The van der Waals surface area contributed by atoms with E-state index in [2.05, 4.69) is 51.1 Å². The van der Waals surface area contributed by atoms with Crippen molar-refractivity contribution in [3.05, 3.63) is 29.8 Å². The van der Waals surface area contributed by atoms with Crippen molar-refractivity contribution in [2.75, 3.05) is 13.2 Å². The number of carbonyl (C=O) groups excluding carboxylic acids is 12. The van der Waals surface area contributed by atoms with E-state index in [1.165, 1.54) is 24.3 Å². The molecule has 17 N–H and O–H groups in total. The highest BCUT2D eigenvalue weighted by atomic mass is 16.3. The molecule has 26 nitrogen and oxygen atoms in total. The number of phenolic OH excluding ortho intramolecular Hbond substituents is 1. The first kappa shape index (κ1) is 61.9. The highest BCUT2D eigenvalue weighted by molar-refractivity contribution is 6.00. The average Bonchev–Trinajstić information content (AvgIpc) is 3.83. The topological polar surface area (TPSA) is 437 Å². The van der Waals surface area contributed by atoms with Crippen molar-refractivity contribution < 1.29 is 67.7 Å². The van der Waals surface area contributed by atoms with E-state index in [4.69, 9.17) is 22.9 Å². The molecule has 2 saturated heterocycles. The van der Waals surface area contributed by atoms with E-state index < -0.39 is 164 Å². The number of nitrogens with one attached hydrogen (secondary N) is 7. The molecule has 26 heteroatoms. The second-order valence-electron chi connectivity index (χ2n) is 19.5. The molecule has 8 atom stereocenters. The Morgan fingerprint density at radius 2 is 1.04 bits per heavy atom. The molecular weight excluding hydrogens is 981 g/mol. The number of aliphatic hydroxyl groups is 1. The van der Waals surface area contributed by atoms with Crippen LogP contribution in [0.2, 0.25) is 0 Å². The number of carbonyl (C=O) groups is 12. The first-order valence-corrected chi connectivity index (χ1v) is 25.4. The lowest BCUT2D eigenvalue weighted by Gasteiger charge is -2.31. The van der Waals surface area contributed by atoms with Crippen molar-refractivity contribution in [2.24, 2.45) is 28.9 Å². The summed E-state index contributed by atoms with van der Waals surface area (Å²) in [4.78, 5) is 162. The van der Waals surface area contributed by atoms with Crippen LogP contribution in [0.3, 0.4) is 0 Å². The molecule has 12 amide bonds. The quantitative estimate of drug-likeness (QED) is 0.0509. The predicted octanol–water partition coefficient (Wildman–Crippen LogP) is -3.23. The van der Waals surface area contributed by atoms with Crippen LogP contribution in [0.25, 0.3) is 0 Å². The number of hydrogen-bond donors (Lipinski definition) is 13. The van der Waals surface area contributed by atoms with Crippen LogP contribution in [0, 0.1) is 5.92 Å². The van der Waals surface area contributed by atoms with Gasteiger partial charge in [0, 0.05) is 31.8 Å². The SMILES string of the molecule is CC(C)CCCCCCCCCC1CC(=O)NC(CC(N)=O)C(=O)N[C@H](Cc2ccc(O)cc2)C(=O)NC(CC(N)=O)C(=O)NC(CCC(N)=O)C(=O)N2CCC[C@H]2C(=O)NC(CC(N)=O)C(=O)N[C@@H](CO)C(=O)N1. The molecule has 0 bridgehead atoms. The maximum absolute atomic E-state index is 14.3. The first-order valence-electron chi connectivity index (χ1n) is 25.4. The summed E-state index contributed by atoms with van der Waals surface area (Å²) >= 11 is 0. The highest BCUT2D eigenvalue weighted by Gasteiger charge is 2.41. The Labute approximate surface area is 435 Å². The molecule has 2 fully saturated rings. The van der Waals surface area contributed by atoms with Gasteiger partial charge in [0.2, 0.25) is 70.9 Å². The molecule has 1 aromatic rings. The maximum atomic E-state index is 14.3. The fourth-order valence-electron chi connectivity index (χ4n) is 8.74. The number of rotatable bonds is 22. The van der Waals surface area contributed by atoms with Gasteiger partial charge in [-0.25, -0.2) is 0 Å². The standard InChI is InChI=1S/C49H76N12O14/c1-27(2)11-8-6-4-3-5-7-9-12-29-22-42(68)55-33(23-39(51)65)44(70)57-32(21-28-14-16-30(63)17-15-28)43(69)58-34(24-40(52)66)45(71)56-31(18-19-38(50)64)49(75)61-20-10-13-37(61)48(74)59-35(25-41(53)67)46(72)60-36(26-62)47(73)54-29/h14-17,27,29,31-37,62-63H,3-13,18-26H2,1-2H3,(H2,50,64)(H2,51,65)(H2,52,66)(H2,53,67)(H,54,73)(H,55,68)(H,56,71)(H,57,70)(H,58,69)(H,59,74)(H,60,72)/t29?,31?,32-,33?,34?,35?,36+,37+/m1/s1. The number of nitrogens with two attached hydrogens (primary N) is 4. The van der Waals surface area contributed by atoms with Crippen LogP contribution in [-0.2, 0) is 64.0 Å². The van der Waals surface area contributed by atoms with Gasteiger partial charge in [0.25, 0.3) is 0 Å². The van der Waals surface area contributed by atoms with Gasteiger partial charge in [0.05, 0.1) is 25.9 Å². The van der Waals surface area contributed by atoms with Gasteiger partial charge >= 0.3 is 0 Å². The van der Waals surface area contributed by atoms with Crippen molar-refractivity contribution in [1.29, 1.82) is 0 Å². The summed E-state index contributed by atoms with van der Waals surface area (Å²) in [5.74, 6) is -12.0. The second kappa shape index (κ2) is 31.4. The molecule has 0 saturated carbocycles. The minimum Gasteiger partial charge on any atom is -0.508 e. The van der Waals surface area contributed by atoms with Crippen molar-refractivity contribution in [2.45, 2.75) is 178 Å². The van der Waals surface area contributed by atoms with E-state index in [-0.39, 0.29) is 38.0 Å². The molecule has 0 radical (unpaired) electrons.